The molecule has 0 saturated carbocycles. The molecule has 0 saturated heterocycles. The summed E-state index contributed by atoms with van der Waals surface area (Å²) in [7, 11) is 0. The number of nitrogens with one attached hydrogen (secondary N) is 1. The van der Waals surface area contributed by atoms with Gasteiger partial charge >= 0.3 is 0 Å². The zero-order valence-corrected chi connectivity index (χ0v) is 6.39. The van der Waals surface area contributed by atoms with Crippen LogP contribution in [0.1, 0.15) is 25.7 Å². The molecule has 0 aromatic carbocycles. The Morgan fingerprint density at radius 2 is 2.18 bits per heavy atom. The molecule has 58 valence electrons. The molecule has 1 amide bonds. The Morgan fingerprint density at radius 3 is 3.09 bits per heavy atom. The van der Waals surface area contributed by atoms with Crippen molar-refractivity contribution in [3.05, 3.63) is 23.4 Å². The first kappa shape index (κ1) is 6.65. The first-order valence-electron chi connectivity index (χ1n) is 4.05. The lowest BCUT2D eigenvalue weighted by Gasteiger charge is -2.21. The van der Waals surface area contributed by atoms with Crippen LogP contribution in [0.3, 0.4) is 0 Å². The number of hydrogen-bond acceptors (Lipinski definition) is 1. The summed E-state index contributed by atoms with van der Waals surface area (Å²) in [5.41, 5.74) is 2.49. The number of carbonyl (C=O) groups excluding carboxylic acids is 1. The number of amides is 1. The molecule has 0 radical (unpaired) electrons. The van der Waals surface area contributed by atoms with Crippen LogP contribution in [0.4, 0.5) is 0 Å². The lowest BCUT2D eigenvalue weighted by molar-refractivity contribution is -0.120. The lowest BCUT2D eigenvalue weighted by Crippen LogP contribution is -2.28. The van der Waals surface area contributed by atoms with Gasteiger partial charge < -0.3 is 5.32 Å². The summed E-state index contributed by atoms with van der Waals surface area (Å²) < 4.78 is 0. The van der Waals surface area contributed by atoms with Crippen LogP contribution in [0.2, 0.25) is 0 Å². The summed E-state index contributed by atoms with van der Waals surface area (Å²) in [6.45, 7) is 0. The average molecular weight is 149 g/mol. The van der Waals surface area contributed by atoms with E-state index < -0.39 is 0 Å². The smallest absolute Gasteiger partial charge is 0.224 e. The average Bonchev–Trinajstić information content (AvgIpc) is 2.04. The summed E-state index contributed by atoms with van der Waals surface area (Å²) in [5, 5.41) is 2.91. The zero-order valence-electron chi connectivity index (χ0n) is 6.39. The molecule has 2 rings (SSSR count). The van der Waals surface area contributed by atoms with Crippen molar-refractivity contribution in [2.75, 3.05) is 0 Å². The van der Waals surface area contributed by atoms with E-state index in [1.807, 2.05) is 0 Å². The fraction of sp³-hybridized carbons (Fsp3) is 0.444. The van der Waals surface area contributed by atoms with Crippen molar-refractivity contribution in [1.29, 1.82) is 0 Å². The van der Waals surface area contributed by atoms with Crippen LogP contribution in [-0.2, 0) is 4.79 Å². The van der Waals surface area contributed by atoms with Gasteiger partial charge in [0.25, 0.3) is 0 Å². The van der Waals surface area contributed by atoms with Crippen molar-refractivity contribution in [2.24, 2.45) is 0 Å². The minimum absolute atomic E-state index is 0.180. The van der Waals surface area contributed by atoms with Gasteiger partial charge in [0, 0.05) is 12.1 Å². The minimum atomic E-state index is 0.180. The van der Waals surface area contributed by atoms with E-state index >= 15 is 0 Å². The van der Waals surface area contributed by atoms with Gasteiger partial charge in [0.15, 0.2) is 0 Å². The Morgan fingerprint density at radius 1 is 1.27 bits per heavy atom. The second kappa shape index (κ2) is 2.53. The molecule has 2 nitrogen and oxygen atoms in total. The largest absolute Gasteiger partial charge is 0.329 e. The highest BCUT2D eigenvalue weighted by atomic mass is 16.1. The number of carbonyl (C=O) groups is 1. The molecular weight excluding hydrogens is 138 g/mol. The van der Waals surface area contributed by atoms with Crippen LogP contribution in [0.5, 0.6) is 0 Å². The Hall–Kier alpha value is -1.05. The third-order valence-corrected chi connectivity index (χ3v) is 2.18. The molecule has 0 bridgehead atoms. The van der Waals surface area contributed by atoms with Crippen molar-refractivity contribution in [3.63, 3.8) is 0 Å². The van der Waals surface area contributed by atoms with Crippen LogP contribution in [0.25, 0.3) is 0 Å². The number of rotatable bonds is 0. The molecular formula is C9H11NO. The highest BCUT2D eigenvalue weighted by molar-refractivity contribution is 5.80. The minimum Gasteiger partial charge on any atom is -0.329 e. The van der Waals surface area contributed by atoms with Crippen LogP contribution in [0.15, 0.2) is 23.4 Å². The van der Waals surface area contributed by atoms with Crippen molar-refractivity contribution in [1.82, 2.24) is 5.32 Å². The van der Waals surface area contributed by atoms with Crippen LogP contribution < -0.4 is 5.32 Å². The molecule has 0 fully saturated rings. The van der Waals surface area contributed by atoms with E-state index in [1.54, 1.807) is 0 Å². The molecule has 2 aliphatic rings. The Balaban J connectivity index is 2.26. The maximum absolute atomic E-state index is 10.9. The SMILES string of the molecule is O=C1CCC2=C(CCC=C2)N1. The van der Waals surface area contributed by atoms with Crippen molar-refractivity contribution in [3.8, 4) is 0 Å². The van der Waals surface area contributed by atoms with Gasteiger partial charge in [-0.3, -0.25) is 4.79 Å². The molecule has 1 heterocycles. The van der Waals surface area contributed by atoms with E-state index in [0.717, 1.165) is 25.0 Å². The van der Waals surface area contributed by atoms with Crippen molar-refractivity contribution >= 4 is 5.91 Å². The Bertz CT molecular complexity index is 250. The van der Waals surface area contributed by atoms with E-state index in [2.05, 4.69) is 17.5 Å². The maximum atomic E-state index is 10.9. The predicted molar refractivity (Wildman–Crippen MR) is 42.8 cm³/mol. The molecule has 0 aromatic rings. The van der Waals surface area contributed by atoms with Gasteiger partial charge in [0.05, 0.1) is 0 Å². The first-order chi connectivity index (χ1) is 5.36. The maximum Gasteiger partial charge on any atom is 0.224 e. The lowest BCUT2D eigenvalue weighted by atomic mass is 9.96. The normalized spacial score (nSPS) is 23.1. The van der Waals surface area contributed by atoms with E-state index in [1.165, 1.54) is 5.57 Å². The van der Waals surface area contributed by atoms with Crippen molar-refractivity contribution in [2.45, 2.75) is 25.7 Å². The van der Waals surface area contributed by atoms with Gasteiger partial charge in [-0.25, -0.2) is 0 Å². The number of allylic oxidation sites excluding steroid dienone is 4. The molecule has 11 heavy (non-hydrogen) atoms. The zero-order chi connectivity index (χ0) is 7.68. The van der Waals surface area contributed by atoms with Gasteiger partial charge in [-0.1, -0.05) is 12.2 Å². The molecule has 0 unspecified atom stereocenters. The van der Waals surface area contributed by atoms with Gasteiger partial charge in [0.2, 0.25) is 5.91 Å². The van der Waals surface area contributed by atoms with Crippen LogP contribution in [-0.4, -0.2) is 5.91 Å². The monoisotopic (exact) mass is 149 g/mol. The van der Waals surface area contributed by atoms with Gasteiger partial charge in [0.1, 0.15) is 0 Å². The molecule has 1 aliphatic heterocycles. The Kier molecular flexibility index (Phi) is 1.53. The Labute approximate surface area is 66.0 Å². The fourth-order valence-corrected chi connectivity index (χ4v) is 1.57. The summed E-state index contributed by atoms with van der Waals surface area (Å²) in [6, 6.07) is 0. The number of hydrogen-bond donors (Lipinski definition) is 1. The van der Waals surface area contributed by atoms with Gasteiger partial charge in [-0.2, -0.15) is 0 Å². The quantitative estimate of drug-likeness (QED) is 0.555. The van der Waals surface area contributed by atoms with E-state index in [4.69, 9.17) is 0 Å². The van der Waals surface area contributed by atoms with Gasteiger partial charge in [-0.15, -0.1) is 0 Å². The van der Waals surface area contributed by atoms with Crippen LogP contribution in [0, 0.1) is 0 Å². The summed E-state index contributed by atoms with van der Waals surface area (Å²) in [4.78, 5) is 10.9. The van der Waals surface area contributed by atoms with Crippen molar-refractivity contribution < 1.29 is 4.79 Å². The second-order valence-corrected chi connectivity index (χ2v) is 2.99. The predicted octanol–water partition coefficient (Wildman–Crippen LogP) is 1.50. The molecule has 0 aromatic heterocycles. The molecule has 1 aliphatic carbocycles. The van der Waals surface area contributed by atoms with E-state index in [0.29, 0.717) is 6.42 Å². The molecule has 2 heteroatoms. The third kappa shape index (κ3) is 1.20. The first-order valence-corrected chi connectivity index (χ1v) is 4.05. The van der Waals surface area contributed by atoms with Crippen LogP contribution >= 0.6 is 0 Å². The standard InChI is InChI=1S/C9H11NO/c11-9-6-5-7-3-1-2-4-8(7)10-9/h1,3H,2,4-6H2,(H,10,11). The van der Waals surface area contributed by atoms with E-state index in [-0.39, 0.29) is 5.91 Å². The molecule has 0 atom stereocenters. The fourth-order valence-electron chi connectivity index (χ4n) is 1.57. The second-order valence-electron chi connectivity index (χ2n) is 2.99. The molecule has 1 N–H and O–H groups in total. The van der Waals surface area contributed by atoms with Gasteiger partial charge in [-0.05, 0) is 24.8 Å². The topological polar surface area (TPSA) is 29.1 Å². The highest BCUT2D eigenvalue weighted by Crippen LogP contribution is 2.23. The summed E-state index contributed by atoms with van der Waals surface area (Å²) in [5.74, 6) is 0.180. The molecule has 0 spiro atoms. The third-order valence-electron chi connectivity index (χ3n) is 2.18. The highest BCUT2D eigenvalue weighted by Gasteiger charge is 2.16. The summed E-state index contributed by atoms with van der Waals surface area (Å²) in [6.07, 6.45) is 7.98. The summed E-state index contributed by atoms with van der Waals surface area (Å²) >= 11 is 0. The van der Waals surface area contributed by atoms with E-state index in [9.17, 15) is 4.79 Å².